The number of halogens is 1. The van der Waals surface area contributed by atoms with Crippen LogP contribution in [-0.4, -0.2) is 19.2 Å². The normalized spacial score (nSPS) is 12.9. The van der Waals surface area contributed by atoms with Crippen LogP contribution < -0.4 is 4.72 Å². The van der Waals surface area contributed by atoms with E-state index in [0.717, 1.165) is 15.6 Å². The third-order valence-corrected chi connectivity index (χ3v) is 5.43. The Morgan fingerprint density at radius 2 is 1.95 bits per heavy atom. The zero-order chi connectivity index (χ0) is 15.5. The molecule has 6 heteroatoms. The van der Waals surface area contributed by atoms with Crippen LogP contribution in [0.15, 0.2) is 47.1 Å². The van der Waals surface area contributed by atoms with Crippen LogP contribution in [-0.2, 0) is 10.0 Å². The zero-order valence-corrected chi connectivity index (χ0v) is 14.3. The number of hydrogen-bond donors (Lipinski definition) is 1. The minimum Gasteiger partial charge on any atom is -0.267 e. The summed E-state index contributed by atoms with van der Waals surface area (Å²) in [6, 6.07) is 11.3. The van der Waals surface area contributed by atoms with Crippen LogP contribution in [0.3, 0.4) is 0 Å². The van der Waals surface area contributed by atoms with Gasteiger partial charge >= 0.3 is 0 Å². The maximum Gasteiger partial charge on any atom is 0.234 e. The number of pyridine rings is 1. The van der Waals surface area contributed by atoms with Crippen molar-refractivity contribution in [1.29, 1.82) is 0 Å². The first-order valence-corrected chi connectivity index (χ1v) is 8.99. The Balaban J connectivity index is 2.10. The monoisotopic (exact) mass is 368 g/mol. The first-order valence-electron chi connectivity index (χ1n) is 6.55. The van der Waals surface area contributed by atoms with Crippen LogP contribution in [0.2, 0.25) is 0 Å². The van der Waals surface area contributed by atoms with Crippen molar-refractivity contribution in [3.8, 4) is 0 Å². The number of rotatable bonds is 5. The van der Waals surface area contributed by atoms with Crippen LogP contribution in [0.1, 0.15) is 24.0 Å². The number of nitrogens with one attached hydrogen (secondary N) is 1. The molecule has 0 fully saturated rings. The molecule has 0 amide bonds. The zero-order valence-electron chi connectivity index (χ0n) is 11.9. The summed E-state index contributed by atoms with van der Waals surface area (Å²) in [5.74, 6) is 0.282. The fourth-order valence-electron chi connectivity index (χ4n) is 2.00. The molecule has 1 aromatic heterocycles. The topological polar surface area (TPSA) is 59.1 Å². The van der Waals surface area contributed by atoms with Gasteiger partial charge < -0.3 is 0 Å². The molecule has 0 spiro atoms. The second-order valence-corrected chi connectivity index (χ2v) is 7.64. The van der Waals surface area contributed by atoms with Crippen LogP contribution in [0, 0.1) is 6.92 Å². The molecule has 112 valence electrons. The molecule has 1 atom stereocenters. The summed E-state index contributed by atoms with van der Waals surface area (Å²) >= 11 is 3.34. The van der Waals surface area contributed by atoms with E-state index in [0.29, 0.717) is 5.82 Å². The van der Waals surface area contributed by atoms with Gasteiger partial charge in [-0.05, 0) is 46.0 Å². The molecule has 1 N–H and O–H groups in total. The largest absolute Gasteiger partial charge is 0.267 e. The van der Waals surface area contributed by atoms with E-state index in [1.807, 2.05) is 44.2 Å². The molecule has 0 aliphatic heterocycles. The highest BCUT2D eigenvalue weighted by Crippen LogP contribution is 2.20. The maximum atomic E-state index is 12.2. The highest BCUT2D eigenvalue weighted by Gasteiger charge is 2.17. The van der Waals surface area contributed by atoms with Gasteiger partial charge in [-0.15, -0.1) is 0 Å². The van der Waals surface area contributed by atoms with Crippen LogP contribution in [0.4, 0.5) is 5.82 Å². The molecule has 0 saturated heterocycles. The van der Waals surface area contributed by atoms with E-state index in [1.54, 1.807) is 12.3 Å². The van der Waals surface area contributed by atoms with Gasteiger partial charge in [-0.2, -0.15) is 0 Å². The van der Waals surface area contributed by atoms with Gasteiger partial charge in [0.25, 0.3) is 0 Å². The van der Waals surface area contributed by atoms with Crippen molar-refractivity contribution in [2.45, 2.75) is 19.8 Å². The third-order valence-electron chi connectivity index (χ3n) is 3.15. The second-order valence-electron chi connectivity index (χ2n) is 5.01. The van der Waals surface area contributed by atoms with E-state index in [1.165, 1.54) is 0 Å². The van der Waals surface area contributed by atoms with Gasteiger partial charge in [0.2, 0.25) is 10.0 Å². The Morgan fingerprint density at radius 3 is 2.57 bits per heavy atom. The van der Waals surface area contributed by atoms with E-state index in [2.05, 4.69) is 25.6 Å². The summed E-state index contributed by atoms with van der Waals surface area (Å²) < 4.78 is 27.8. The van der Waals surface area contributed by atoms with Crippen molar-refractivity contribution < 1.29 is 8.42 Å². The van der Waals surface area contributed by atoms with E-state index < -0.39 is 10.0 Å². The molecule has 21 heavy (non-hydrogen) atoms. The van der Waals surface area contributed by atoms with Crippen LogP contribution >= 0.6 is 15.9 Å². The fraction of sp³-hybridized carbons (Fsp3) is 0.267. The number of aromatic nitrogens is 1. The van der Waals surface area contributed by atoms with Gasteiger partial charge in [0, 0.05) is 10.7 Å². The Labute approximate surface area is 133 Å². The number of hydrogen-bond acceptors (Lipinski definition) is 3. The van der Waals surface area contributed by atoms with Gasteiger partial charge in [0.05, 0.1) is 5.75 Å². The maximum absolute atomic E-state index is 12.2. The molecular weight excluding hydrogens is 352 g/mol. The molecule has 2 aromatic rings. The Bertz CT molecular complexity index is 718. The highest BCUT2D eigenvalue weighted by atomic mass is 79.9. The summed E-state index contributed by atoms with van der Waals surface area (Å²) in [5, 5.41) is 0. The van der Waals surface area contributed by atoms with Gasteiger partial charge in [-0.3, -0.25) is 4.72 Å². The summed E-state index contributed by atoms with van der Waals surface area (Å²) in [6.45, 7) is 3.78. The Morgan fingerprint density at radius 1 is 1.29 bits per heavy atom. The van der Waals surface area contributed by atoms with Crippen molar-refractivity contribution in [1.82, 2.24) is 4.98 Å². The van der Waals surface area contributed by atoms with E-state index in [-0.39, 0.29) is 11.7 Å². The average molecular weight is 369 g/mol. The Kier molecular flexibility index (Phi) is 5.00. The second kappa shape index (κ2) is 6.58. The summed E-state index contributed by atoms with van der Waals surface area (Å²) in [4.78, 5) is 4.07. The van der Waals surface area contributed by atoms with Crippen molar-refractivity contribution in [2.24, 2.45) is 0 Å². The molecule has 0 aliphatic rings. The van der Waals surface area contributed by atoms with Crippen LogP contribution in [0.25, 0.3) is 0 Å². The standard InChI is InChI=1S/C15H17BrN2O2S/c1-11-8-15(17-9-14(11)16)18-21(19,20)10-12(2)13-6-4-3-5-7-13/h3-9,12H,10H2,1-2H3,(H,17,18). The van der Waals surface area contributed by atoms with Gasteiger partial charge in [-0.25, -0.2) is 13.4 Å². The lowest BCUT2D eigenvalue weighted by Crippen LogP contribution is -2.21. The first-order chi connectivity index (χ1) is 9.87. The number of aryl methyl sites for hydroxylation is 1. The molecule has 4 nitrogen and oxygen atoms in total. The molecule has 1 unspecified atom stereocenters. The smallest absolute Gasteiger partial charge is 0.234 e. The summed E-state index contributed by atoms with van der Waals surface area (Å²) in [7, 11) is -3.44. The quantitative estimate of drug-likeness (QED) is 0.874. The Hall–Kier alpha value is -1.40. The van der Waals surface area contributed by atoms with Crippen molar-refractivity contribution in [3.05, 3.63) is 58.2 Å². The summed E-state index contributed by atoms with van der Waals surface area (Å²) in [5.41, 5.74) is 1.93. The number of sulfonamides is 1. The molecule has 2 rings (SSSR count). The van der Waals surface area contributed by atoms with Gasteiger partial charge in [0.15, 0.2) is 0 Å². The average Bonchev–Trinajstić information content (AvgIpc) is 2.43. The number of anilines is 1. The minimum atomic E-state index is -3.44. The lowest BCUT2D eigenvalue weighted by atomic mass is 10.0. The highest BCUT2D eigenvalue weighted by molar-refractivity contribution is 9.10. The molecule has 0 bridgehead atoms. The van der Waals surface area contributed by atoms with Crippen molar-refractivity contribution >= 4 is 31.8 Å². The molecule has 1 aromatic carbocycles. The minimum absolute atomic E-state index is 0.0216. The third kappa shape index (κ3) is 4.54. The molecule has 0 aliphatic carbocycles. The predicted octanol–water partition coefficient (Wildman–Crippen LogP) is 3.70. The molecule has 0 radical (unpaired) electrons. The lowest BCUT2D eigenvalue weighted by molar-refractivity contribution is 0.595. The van der Waals surface area contributed by atoms with Gasteiger partial charge in [-0.1, -0.05) is 37.3 Å². The molecule has 0 saturated carbocycles. The van der Waals surface area contributed by atoms with E-state index >= 15 is 0 Å². The first kappa shape index (κ1) is 16.0. The summed E-state index contributed by atoms with van der Waals surface area (Å²) in [6.07, 6.45) is 1.59. The number of benzene rings is 1. The lowest BCUT2D eigenvalue weighted by Gasteiger charge is -2.13. The predicted molar refractivity (Wildman–Crippen MR) is 88.9 cm³/mol. The van der Waals surface area contributed by atoms with Gasteiger partial charge in [0.1, 0.15) is 5.82 Å². The van der Waals surface area contributed by atoms with E-state index in [4.69, 9.17) is 0 Å². The van der Waals surface area contributed by atoms with Crippen molar-refractivity contribution in [3.63, 3.8) is 0 Å². The molecular formula is C15H17BrN2O2S. The van der Waals surface area contributed by atoms with Crippen LogP contribution in [0.5, 0.6) is 0 Å². The van der Waals surface area contributed by atoms with Crippen molar-refractivity contribution in [2.75, 3.05) is 10.5 Å². The van der Waals surface area contributed by atoms with E-state index in [9.17, 15) is 8.42 Å². The fourth-order valence-corrected chi connectivity index (χ4v) is 3.58. The molecule has 1 heterocycles. The SMILES string of the molecule is Cc1cc(NS(=O)(=O)CC(C)c2ccccc2)ncc1Br. The number of nitrogens with zero attached hydrogens (tertiary/aromatic N) is 1.